The van der Waals surface area contributed by atoms with E-state index in [2.05, 4.69) is 13.8 Å². The van der Waals surface area contributed by atoms with E-state index in [1.54, 1.807) is 24.3 Å². The third-order valence-electron chi connectivity index (χ3n) is 4.52. The van der Waals surface area contributed by atoms with Gasteiger partial charge in [0, 0.05) is 0 Å². The molecule has 0 bridgehead atoms. The van der Waals surface area contributed by atoms with Crippen molar-refractivity contribution in [3.8, 4) is 0 Å². The minimum absolute atomic E-state index is 0.267. The van der Waals surface area contributed by atoms with Crippen LogP contribution in [0.4, 0.5) is 0 Å². The molecule has 156 valence electrons. The predicted molar refractivity (Wildman–Crippen MR) is 114 cm³/mol. The molecule has 1 aromatic rings. The maximum absolute atomic E-state index is 12.4. The van der Waals surface area contributed by atoms with Crippen LogP contribution in [-0.4, -0.2) is 25.2 Å². The third kappa shape index (κ3) is 10.3. The van der Waals surface area contributed by atoms with Crippen molar-refractivity contribution in [1.82, 2.24) is 0 Å². The molecular weight excluding hydrogens is 352 g/mol. The van der Waals surface area contributed by atoms with Crippen LogP contribution in [0.25, 0.3) is 0 Å². The van der Waals surface area contributed by atoms with Crippen molar-refractivity contribution in [2.75, 3.05) is 13.2 Å². The summed E-state index contributed by atoms with van der Waals surface area (Å²) in [5, 5.41) is 0. The molecule has 0 radical (unpaired) electrons. The summed E-state index contributed by atoms with van der Waals surface area (Å²) in [7, 11) is 0. The second-order valence-electron chi connectivity index (χ2n) is 6.96. The van der Waals surface area contributed by atoms with E-state index >= 15 is 0 Å². The summed E-state index contributed by atoms with van der Waals surface area (Å²) in [6.45, 7) is 4.96. The summed E-state index contributed by atoms with van der Waals surface area (Å²) < 4.78 is 10.6. The second kappa shape index (κ2) is 15.9. The summed E-state index contributed by atoms with van der Waals surface area (Å²) in [5.74, 6) is -0.939. The van der Waals surface area contributed by atoms with Gasteiger partial charge in [0.25, 0.3) is 0 Å². The van der Waals surface area contributed by atoms with Crippen LogP contribution in [0.3, 0.4) is 0 Å². The lowest BCUT2D eigenvalue weighted by Gasteiger charge is -2.09. The molecule has 0 saturated carbocycles. The summed E-state index contributed by atoms with van der Waals surface area (Å²) in [4.78, 5) is 24.6. The molecule has 0 atom stereocenters. The lowest BCUT2D eigenvalue weighted by Crippen LogP contribution is -2.14. The first-order valence-electron chi connectivity index (χ1n) is 10.8. The molecule has 0 aliphatic heterocycles. The van der Waals surface area contributed by atoms with Crippen LogP contribution in [0, 0.1) is 0 Å². The molecule has 0 aliphatic rings. The number of unbranched alkanes of at least 4 members (excludes halogenated alkanes) is 7. The molecule has 0 amide bonds. The van der Waals surface area contributed by atoms with E-state index in [1.807, 2.05) is 12.2 Å². The van der Waals surface area contributed by atoms with Crippen LogP contribution >= 0.6 is 0 Å². The fraction of sp³-hybridized carbons (Fsp3) is 0.583. The molecule has 0 aliphatic carbocycles. The van der Waals surface area contributed by atoms with Gasteiger partial charge in [-0.3, -0.25) is 0 Å². The molecule has 4 nitrogen and oxygen atoms in total. The summed E-state index contributed by atoms with van der Waals surface area (Å²) in [5.41, 5.74) is 0.541. The molecular formula is C24H36O4. The first-order chi connectivity index (χ1) is 13.7. The van der Waals surface area contributed by atoms with Gasteiger partial charge in [-0.05, 0) is 31.4 Å². The van der Waals surface area contributed by atoms with E-state index in [0.717, 1.165) is 19.3 Å². The fourth-order valence-electron chi connectivity index (χ4n) is 2.90. The van der Waals surface area contributed by atoms with Gasteiger partial charge >= 0.3 is 11.9 Å². The van der Waals surface area contributed by atoms with Gasteiger partial charge in [-0.2, -0.15) is 0 Å². The number of esters is 2. The summed E-state index contributed by atoms with van der Waals surface area (Å²) >= 11 is 0. The zero-order valence-corrected chi connectivity index (χ0v) is 17.6. The van der Waals surface area contributed by atoms with Crippen LogP contribution in [0.1, 0.15) is 98.8 Å². The Labute approximate surface area is 170 Å². The Morgan fingerprint density at radius 3 is 1.86 bits per heavy atom. The average molecular weight is 389 g/mol. The van der Waals surface area contributed by atoms with Crippen molar-refractivity contribution in [2.24, 2.45) is 0 Å². The van der Waals surface area contributed by atoms with Crippen LogP contribution in [0.15, 0.2) is 36.4 Å². The van der Waals surface area contributed by atoms with Gasteiger partial charge in [0.05, 0.1) is 24.3 Å². The number of rotatable bonds is 15. The van der Waals surface area contributed by atoms with Crippen molar-refractivity contribution in [3.05, 3.63) is 47.5 Å². The highest BCUT2D eigenvalue weighted by Gasteiger charge is 2.18. The fourth-order valence-corrected chi connectivity index (χ4v) is 2.90. The van der Waals surface area contributed by atoms with E-state index in [0.29, 0.717) is 19.6 Å². The van der Waals surface area contributed by atoms with E-state index in [-0.39, 0.29) is 11.1 Å². The lowest BCUT2D eigenvalue weighted by atomic mass is 10.1. The van der Waals surface area contributed by atoms with Gasteiger partial charge in [-0.1, -0.05) is 83.1 Å². The van der Waals surface area contributed by atoms with Crippen LogP contribution in [0.5, 0.6) is 0 Å². The van der Waals surface area contributed by atoms with E-state index in [4.69, 9.17) is 9.47 Å². The van der Waals surface area contributed by atoms with Crippen LogP contribution in [0.2, 0.25) is 0 Å². The quantitative estimate of drug-likeness (QED) is 0.195. The third-order valence-corrected chi connectivity index (χ3v) is 4.52. The van der Waals surface area contributed by atoms with E-state index in [9.17, 15) is 9.59 Å². The number of hydrogen-bond donors (Lipinski definition) is 0. The summed E-state index contributed by atoms with van der Waals surface area (Å²) in [6, 6.07) is 6.68. The molecule has 1 aromatic carbocycles. The van der Waals surface area contributed by atoms with Gasteiger partial charge in [-0.25, -0.2) is 9.59 Å². The highest BCUT2D eigenvalue weighted by atomic mass is 16.5. The Morgan fingerprint density at radius 1 is 0.750 bits per heavy atom. The molecule has 0 N–H and O–H groups in total. The molecule has 0 heterocycles. The largest absolute Gasteiger partial charge is 0.462 e. The average Bonchev–Trinajstić information content (AvgIpc) is 2.72. The first kappa shape index (κ1) is 23.9. The zero-order chi connectivity index (χ0) is 20.5. The van der Waals surface area contributed by atoms with Gasteiger partial charge in [0.15, 0.2) is 0 Å². The Hall–Kier alpha value is -2.10. The number of ether oxygens (including phenoxy) is 2. The van der Waals surface area contributed by atoms with Crippen LogP contribution < -0.4 is 0 Å². The second-order valence-corrected chi connectivity index (χ2v) is 6.96. The first-order valence-corrected chi connectivity index (χ1v) is 10.8. The maximum Gasteiger partial charge on any atom is 0.339 e. The van der Waals surface area contributed by atoms with Crippen molar-refractivity contribution in [1.29, 1.82) is 0 Å². The van der Waals surface area contributed by atoms with Crippen molar-refractivity contribution < 1.29 is 19.1 Å². The molecule has 28 heavy (non-hydrogen) atoms. The number of allylic oxidation sites excluding steroid dienone is 1. The highest BCUT2D eigenvalue weighted by Crippen LogP contribution is 2.13. The number of carbonyl (C=O) groups excluding carboxylic acids is 2. The summed E-state index contributed by atoms with van der Waals surface area (Å²) in [6.07, 6.45) is 15.2. The van der Waals surface area contributed by atoms with Gasteiger partial charge in [0.2, 0.25) is 0 Å². The molecule has 0 unspecified atom stereocenters. The number of hydrogen-bond acceptors (Lipinski definition) is 4. The molecule has 0 aromatic heterocycles. The minimum Gasteiger partial charge on any atom is -0.462 e. The molecule has 1 rings (SSSR count). The maximum atomic E-state index is 12.4. The van der Waals surface area contributed by atoms with Crippen molar-refractivity contribution in [2.45, 2.75) is 78.1 Å². The lowest BCUT2D eigenvalue weighted by molar-refractivity contribution is 0.0457. The molecule has 0 saturated heterocycles. The van der Waals surface area contributed by atoms with Gasteiger partial charge < -0.3 is 9.47 Å². The SMILES string of the molecule is CC/C=C/CCOC(=O)c1ccccc1C(=O)OCCCCCCCCCC. The highest BCUT2D eigenvalue weighted by molar-refractivity contribution is 6.03. The van der Waals surface area contributed by atoms with Crippen LogP contribution in [-0.2, 0) is 9.47 Å². The predicted octanol–water partition coefficient (Wildman–Crippen LogP) is 6.50. The van der Waals surface area contributed by atoms with Crippen molar-refractivity contribution >= 4 is 11.9 Å². The molecule has 0 spiro atoms. The normalized spacial score (nSPS) is 10.9. The Balaban J connectivity index is 2.34. The Bertz CT molecular complexity index is 592. The Kier molecular flexibility index (Phi) is 13.6. The zero-order valence-electron chi connectivity index (χ0n) is 17.6. The van der Waals surface area contributed by atoms with E-state index in [1.165, 1.54) is 38.5 Å². The number of benzene rings is 1. The van der Waals surface area contributed by atoms with E-state index < -0.39 is 11.9 Å². The standard InChI is InChI=1S/C24H36O4/c1-3-5-7-9-10-11-12-16-20-28-24(26)22-18-14-13-17-21(22)23(25)27-19-15-8-6-4-2/h6,8,13-14,17-18H,3-5,7,9-12,15-16,19-20H2,1-2H3/b8-6+. The van der Waals surface area contributed by atoms with Gasteiger partial charge in [-0.15, -0.1) is 0 Å². The molecule has 0 fully saturated rings. The minimum atomic E-state index is -0.482. The Morgan fingerprint density at radius 2 is 1.29 bits per heavy atom. The monoisotopic (exact) mass is 388 g/mol. The van der Waals surface area contributed by atoms with Crippen molar-refractivity contribution in [3.63, 3.8) is 0 Å². The molecule has 4 heteroatoms. The smallest absolute Gasteiger partial charge is 0.339 e. The topological polar surface area (TPSA) is 52.6 Å². The number of carbonyl (C=O) groups is 2. The van der Waals surface area contributed by atoms with Gasteiger partial charge in [0.1, 0.15) is 0 Å².